The van der Waals surface area contributed by atoms with Gasteiger partial charge >= 0.3 is 0 Å². The van der Waals surface area contributed by atoms with Crippen LogP contribution in [0.15, 0.2) is 23.1 Å². The van der Waals surface area contributed by atoms with Gasteiger partial charge in [0.2, 0.25) is 10.0 Å². The number of rotatable bonds is 6. The number of methoxy groups -OCH3 is 1. The van der Waals surface area contributed by atoms with Crippen LogP contribution in [0.25, 0.3) is 0 Å². The highest BCUT2D eigenvalue weighted by Crippen LogP contribution is 2.27. The third-order valence-electron chi connectivity index (χ3n) is 3.53. The normalized spacial score (nSPS) is 14.0. The lowest BCUT2D eigenvalue weighted by Gasteiger charge is -2.28. The van der Waals surface area contributed by atoms with E-state index in [0.717, 1.165) is 5.56 Å². The van der Waals surface area contributed by atoms with Gasteiger partial charge in [-0.2, -0.15) is 0 Å². The molecule has 1 unspecified atom stereocenters. The second kappa shape index (κ2) is 6.77. The first kappa shape index (κ1) is 17.9. The zero-order chi connectivity index (χ0) is 16.3. The maximum atomic E-state index is 12.6. The molecule has 21 heavy (non-hydrogen) atoms. The summed E-state index contributed by atoms with van der Waals surface area (Å²) in [5.74, 6) is 0.350. The largest absolute Gasteiger partial charge is 0.495 e. The second-order valence-electron chi connectivity index (χ2n) is 6.22. The molecule has 1 rings (SSSR count). The zero-order valence-electron chi connectivity index (χ0n) is 13.6. The van der Waals surface area contributed by atoms with E-state index in [1.807, 2.05) is 40.8 Å². The van der Waals surface area contributed by atoms with Crippen molar-refractivity contribution in [1.29, 1.82) is 0 Å². The van der Waals surface area contributed by atoms with E-state index in [0.29, 0.717) is 12.3 Å². The summed E-state index contributed by atoms with van der Waals surface area (Å²) < 4.78 is 33.1. The van der Waals surface area contributed by atoms with Gasteiger partial charge in [-0.1, -0.05) is 26.8 Å². The monoisotopic (exact) mass is 314 g/mol. The summed E-state index contributed by atoms with van der Waals surface area (Å²) in [4.78, 5) is 0.175. The Kier molecular flexibility index (Phi) is 5.78. The number of ether oxygens (including phenoxy) is 1. The summed E-state index contributed by atoms with van der Waals surface area (Å²) >= 11 is 0. The van der Waals surface area contributed by atoms with Gasteiger partial charge in [0.25, 0.3) is 0 Å². The van der Waals surface area contributed by atoms with Crippen molar-refractivity contribution in [3.63, 3.8) is 0 Å². The van der Waals surface area contributed by atoms with Gasteiger partial charge in [-0.15, -0.1) is 0 Å². The maximum Gasteiger partial charge on any atom is 0.244 e. The van der Waals surface area contributed by atoms with E-state index in [9.17, 15) is 8.42 Å². The molecule has 0 amide bonds. The summed E-state index contributed by atoms with van der Waals surface area (Å²) in [6, 6.07) is 4.98. The number of sulfonamides is 1. The molecule has 5 nitrogen and oxygen atoms in total. The molecule has 0 fully saturated rings. The minimum atomic E-state index is -3.63. The van der Waals surface area contributed by atoms with Crippen LogP contribution in [-0.4, -0.2) is 28.6 Å². The van der Waals surface area contributed by atoms with E-state index in [1.54, 1.807) is 12.1 Å². The van der Waals surface area contributed by atoms with Crippen LogP contribution >= 0.6 is 0 Å². The molecule has 0 heterocycles. The van der Waals surface area contributed by atoms with E-state index < -0.39 is 10.0 Å². The number of hydrogen-bond donors (Lipinski definition) is 2. The van der Waals surface area contributed by atoms with E-state index in [-0.39, 0.29) is 16.4 Å². The number of hydrogen-bond acceptors (Lipinski definition) is 4. The highest BCUT2D eigenvalue weighted by molar-refractivity contribution is 7.89. The maximum absolute atomic E-state index is 12.6. The minimum Gasteiger partial charge on any atom is -0.495 e. The molecule has 0 aromatic heterocycles. The Morgan fingerprint density at radius 3 is 2.38 bits per heavy atom. The Hall–Kier alpha value is -1.11. The molecule has 0 spiro atoms. The van der Waals surface area contributed by atoms with Crippen LogP contribution < -0.4 is 14.8 Å². The lowest BCUT2D eigenvalue weighted by Crippen LogP contribution is -2.41. The predicted octanol–water partition coefficient (Wildman–Crippen LogP) is 2.13. The fourth-order valence-corrected chi connectivity index (χ4v) is 3.39. The second-order valence-corrected chi connectivity index (χ2v) is 7.91. The standard InChI is InChI=1S/C15H26N2O3S/c1-11(15(2,3)4)17-21(18,19)14-9-12(10-16-5)7-8-13(14)20-6/h7-9,11,16-17H,10H2,1-6H3. The fraction of sp³-hybridized carbons (Fsp3) is 0.600. The van der Waals surface area contributed by atoms with Crippen molar-refractivity contribution in [2.75, 3.05) is 14.2 Å². The van der Waals surface area contributed by atoms with Gasteiger partial charge in [-0.05, 0) is 37.1 Å². The third kappa shape index (κ3) is 4.69. The highest BCUT2D eigenvalue weighted by Gasteiger charge is 2.28. The summed E-state index contributed by atoms with van der Waals surface area (Å²) in [7, 11) is -0.340. The molecule has 0 aliphatic rings. The first-order valence-corrected chi connectivity index (χ1v) is 8.44. The molecule has 1 atom stereocenters. The molecule has 1 aromatic rings. The molecule has 1 aromatic carbocycles. The van der Waals surface area contributed by atoms with Crippen molar-refractivity contribution >= 4 is 10.0 Å². The van der Waals surface area contributed by atoms with Crippen molar-refractivity contribution in [2.24, 2.45) is 5.41 Å². The average molecular weight is 314 g/mol. The molecule has 0 saturated heterocycles. The van der Waals surface area contributed by atoms with E-state index in [4.69, 9.17) is 4.74 Å². The molecule has 6 heteroatoms. The molecular formula is C15H26N2O3S. The SMILES string of the molecule is CNCc1ccc(OC)c(S(=O)(=O)NC(C)C(C)(C)C)c1. The molecule has 120 valence electrons. The van der Waals surface area contributed by atoms with Crippen LogP contribution in [0.3, 0.4) is 0 Å². The molecule has 0 aliphatic heterocycles. The van der Waals surface area contributed by atoms with Crippen LogP contribution in [0.4, 0.5) is 0 Å². The molecular weight excluding hydrogens is 288 g/mol. The van der Waals surface area contributed by atoms with Gasteiger partial charge in [-0.3, -0.25) is 0 Å². The summed E-state index contributed by atoms with van der Waals surface area (Å²) in [5.41, 5.74) is 0.727. The molecule has 0 radical (unpaired) electrons. The van der Waals surface area contributed by atoms with Crippen molar-refractivity contribution in [3.05, 3.63) is 23.8 Å². The van der Waals surface area contributed by atoms with Gasteiger partial charge in [0, 0.05) is 12.6 Å². The highest BCUT2D eigenvalue weighted by atomic mass is 32.2. The minimum absolute atomic E-state index is 0.164. The van der Waals surface area contributed by atoms with Gasteiger partial charge < -0.3 is 10.1 Å². The van der Waals surface area contributed by atoms with Crippen LogP contribution in [-0.2, 0) is 16.6 Å². The molecule has 0 saturated carbocycles. The van der Waals surface area contributed by atoms with Crippen molar-refractivity contribution in [3.8, 4) is 5.75 Å². The van der Waals surface area contributed by atoms with Crippen LogP contribution in [0.1, 0.15) is 33.3 Å². The topological polar surface area (TPSA) is 67.4 Å². The first-order valence-electron chi connectivity index (χ1n) is 6.95. The molecule has 0 aliphatic carbocycles. The average Bonchev–Trinajstić information content (AvgIpc) is 2.37. The number of benzene rings is 1. The Morgan fingerprint density at radius 1 is 1.29 bits per heavy atom. The Balaban J connectivity index is 3.20. The van der Waals surface area contributed by atoms with Crippen molar-refractivity contribution in [1.82, 2.24) is 10.0 Å². The molecule has 0 bridgehead atoms. The smallest absolute Gasteiger partial charge is 0.244 e. The lowest BCUT2D eigenvalue weighted by molar-refractivity contribution is 0.317. The van der Waals surface area contributed by atoms with E-state index in [1.165, 1.54) is 7.11 Å². The Labute approximate surface area is 128 Å². The quantitative estimate of drug-likeness (QED) is 0.844. The zero-order valence-corrected chi connectivity index (χ0v) is 14.5. The van der Waals surface area contributed by atoms with Crippen molar-refractivity contribution < 1.29 is 13.2 Å². The van der Waals surface area contributed by atoms with Gasteiger partial charge in [0.15, 0.2) is 0 Å². The van der Waals surface area contributed by atoms with Crippen molar-refractivity contribution in [2.45, 2.75) is 45.2 Å². The Bertz CT molecular complexity index is 577. The summed E-state index contributed by atoms with van der Waals surface area (Å²) in [5, 5.41) is 3.01. The van der Waals surface area contributed by atoms with Gasteiger partial charge in [0.05, 0.1) is 7.11 Å². The summed E-state index contributed by atoms with van der Waals surface area (Å²) in [6.45, 7) is 8.45. The van der Waals surface area contributed by atoms with E-state index >= 15 is 0 Å². The summed E-state index contributed by atoms with van der Waals surface area (Å²) in [6.07, 6.45) is 0. The number of nitrogens with one attached hydrogen (secondary N) is 2. The predicted molar refractivity (Wildman–Crippen MR) is 85.0 cm³/mol. The third-order valence-corrected chi connectivity index (χ3v) is 5.09. The van der Waals surface area contributed by atoms with Crippen LogP contribution in [0.2, 0.25) is 0 Å². The van der Waals surface area contributed by atoms with Gasteiger partial charge in [0.1, 0.15) is 10.6 Å². The van der Waals surface area contributed by atoms with Gasteiger partial charge in [-0.25, -0.2) is 13.1 Å². The first-order chi connectivity index (χ1) is 9.61. The Morgan fingerprint density at radius 2 is 1.90 bits per heavy atom. The van der Waals surface area contributed by atoms with Crippen LogP contribution in [0.5, 0.6) is 5.75 Å². The van der Waals surface area contributed by atoms with E-state index in [2.05, 4.69) is 10.0 Å². The lowest BCUT2D eigenvalue weighted by atomic mass is 9.89. The van der Waals surface area contributed by atoms with Crippen LogP contribution in [0, 0.1) is 5.41 Å². The molecule has 2 N–H and O–H groups in total. The fourth-order valence-electron chi connectivity index (χ4n) is 1.72.